The van der Waals surface area contributed by atoms with Gasteiger partial charge in [0, 0.05) is 39.4 Å². The summed E-state index contributed by atoms with van der Waals surface area (Å²) >= 11 is 0. The molecule has 4 aromatic carbocycles. The van der Waals surface area contributed by atoms with Crippen molar-refractivity contribution in [1.29, 1.82) is 0 Å². The molecule has 0 saturated heterocycles. The second-order valence-electron chi connectivity index (χ2n) is 8.35. The van der Waals surface area contributed by atoms with Crippen LogP contribution in [0, 0.1) is 0 Å². The van der Waals surface area contributed by atoms with Crippen molar-refractivity contribution in [2.45, 2.75) is 18.5 Å². The van der Waals surface area contributed by atoms with Crippen LogP contribution in [0.5, 0.6) is 0 Å². The summed E-state index contributed by atoms with van der Waals surface area (Å²) in [6, 6.07) is 36.9. The summed E-state index contributed by atoms with van der Waals surface area (Å²) < 4.78 is 0. The SMILES string of the molecule is c1ccc(N[C@@H]2c3ccccc3N3C4c5ccccc5N[C@H]3c3ccccc3N42)cc1. The third kappa shape index (κ3) is 2.30. The summed E-state index contributed by atoms with van der Waals surface area (Å²) in [6.07, 6.45) is 0.243. The molecule has 2 N–H and O–H groups in total. The number of para-hydroxylation sites is 4. The summed E-state index contributed by atoms with van der Waals surface area (Å²) in [4.78, 5) is 5.10. The lowest BCUT2D eigenvalue weighted by Crippen LogP contribution is -2.58. The van der Waals surface area contributed by atoms with Crippen LogP contribution in [0.3, 0.4) is 0 Å². The summed E-state index contributed by atoms with van der Waals surface area (Å²) in [5.41, 5.74) is 8.80. The molecule has 3 aliphatic heterocycles. The minimum Gasteiger partial charge on any atom is -0.361 e. The minimum atomic E-state index is 0.0214. The van der Waals surface area contributed by atoms with E-state index in [9.17, 15) is 0 Å². The Kier molecular flexibility index (Phi) is 3.41. The fraction of sp³-hybridized carbons (Fsp3) is 0.111. The monoisotopic (exact) mass is 402 g/mol. The maximum absolute atomic E-state index is 3.85. The number of nitrogens with one attached hydrogen (secondary N) is 2. The zero-order valence-electron chi connectivity index (χ0n) is 16.9. The number of nitrogens with zero attached hydrogens (tertiary/aromatic N) is 2. The summed E-state index contributed by atoms with van der Waals surface area (Å²) in [5, 5.41) is 7.67. The molecule has 0 radical (unpaired) electrons. The molecule has 4 bridgehead atoms. The van der Waals surface area contributed by atoms with Gasteiger partial charge >= 0.3 is 0 Å². The predicted octanol–water partition coefficient (Wildman–Crippen LogP) is 6.26. The van der Waals surface area contributed by atoms with E-state index in [0.29, 0.717) is 0 Å². The van der Waals surface area contributed by atoms with Crippen LogP contribution in [-0.2, 0) is 0 Å². The Morgan fingerprint density at radius 3 is 2.00 bits per heavy atom. The van der Waals surface area contributed by atoms with Gasteiger partial charge in [0.25, 0.3) is 0 Å². The van der Waals surface area contributed by atoms with Crippen molar-refractivity contribution < 1.29 is 0 Å². The van der Waals surface area contributed by atoms with Crippen LogP contribution in [0.1, 0.15) is 35.2 Å². The van der Waals surface area contributed by atoms with Crippen molar-refractivity contribution in [2.24, 2.45) is 0 Å². The number of hydrogen-bond donors (Lipinski definition) is 2. The third-order valence-electron chi connectivity index (χ3n) is 6.71. The van der Waals surface area contributed by atoms with Crippen molar-refractivity contribution in [3.8, 4) is 0 Å². The van der Waals surface area contributed by atoms with E-state index in [0.717, 1.165) is 5.69 Å². The first kappa shape index (κ1) is 16.8. The number of fused-ring (bicyclic) bond motifs is 5. The molecule has 31 heavy (non-hydrogen) atoms. The highest BCUT2D eigenvalue weighted by Crippen LogP contribution is 2.58. The van der Waals surface area contributed by atoms with Crippen LogP contribution in [-0.4, -0.2) is 0 Å². The Balaban J connectivity index is 1.51. The van der Waals surface area contributed by atoms with Crippen LogP contribution in [0.25, 0.3) is 0 Å². The molecule has 3 atom stereocenters. The molecule has 7 rings (SSSR count). The van der Waals surface area contributed by atoms with E-state index in [2.05, 4.69) is 124 Å². The van der Waals surface area contributed by atoms with E-state index in [1.165, 1.54) is 33.8 Å². The highest BCUT2D eigenvalue weighted by atomic mass is 15.5. The number of rotatable bonds is 2. The first-order valence-electron chi connectivity index (χ1n) is 10.8. The maximum atomic E-state index is 3.85. The van der Waals surface area contributed by atoms with Gasteiger partial charge in [0.2, 0.25) is 0 Å². The van der Waals surface area contributed by atoms with E-state index >= 15 is 0 Å². The van der Waals surface area contributed by atoms with Crippen molar-refractivity contribution in [2.75, 3.05) is 20.4 Å². The Morgan fingerprint density at radius 1 is 0.581 bits per heavy atom. The molecule has 0 aliphatic carbocycles. The summed E-state index contributed by atoms with van der Waals surface area (Å²) in [7, 11) is 0. The van der Waals surface area contributed by atoms with Gasteiger partial charge < -0.3 is 20.4 Å². The molecule has 3 aliphatic rings. The number of anilines is 4. The molecule has 4 heteroatoms. The molecule has 4 nitrogen and oxygen atoms in total. The van der Waals surface area contributed by atoms with Crippen molar-refractivity contribution in [3.05, 3.63) is 120 Å². The lowest BCUT2D eigenvalue weighted by atomic mass is 9.88. The fourth-order valence-corrected chi connectivity index (χ4v) is 5.45. The van der Waals surface area contributed by atoms with Gasteiger partial charge in [-0.2, -0.15) is 0 Å². The summed E-state index contributed by atoms with van der Waals surface area (Å²) in [6.45, 7) is 0. The van der Waals surface area contributed by atoms with Gasteiger partial charge in [-0.05, 0) is 30.3 Å². The minimum absolute atomic E-state index is 0.0214. The molecule has 0 spiro atoms. The molecule has 0 aromatic heterocycles. The average Bonchev–Trinajstić information content (AvgIpc) is 2.84. The van der Waals surface area contributed by atoms with Gasteiger partial charge in [0.05, 0.1) is 0 Å². The molecule has 0 saturated carbocycles. The molecule has 4 aromatic rings. The first-order chi connectivity index (χ1) is 15.4. The molecular weight excluding hydrogens is 380 g/mol. The number of benzene rings is 4. The summed E-state index contributed by atoms with van der Waals surface area (Å²) in [5.74, 6) is 0. The Morgan fingerprint density at radius 2 is 1.19 bits per heavy atom. The highest BCUT2D eigenvalue weighted by Gasteiger charge is 2.50. The van der Waals surface area contributed by atoms with Crippen molar-refractivity contribution >= 4 is 22.7 Å². The predicted molar refractivity (Wildman–Crippen MR) is 126 cm³/mol. The van der Waals surface area contributed by atoms with Crippen LogP contribution >= 0.6 is 0 Å². The van der Waals surface area contributed by atoms with Gasteiger partial charge in [0.1, 0.15) is 18.5 Å². The van der Waals surface area contributed by atoms with Gasteiger partial charge in [-0.25, -0.2) is 0 Å². The highest BCUT2D eigenvalue weighted by molar-refractivity contribution is 5.79. The van der Waals surface area contributed by atoms with Crippen LogP contribution in [0.4, 0.5) is 22.7 Å². The van der Waals surface area contributed by atoms with Crippen molar-refractivity contribution in [1.82, 2.24) is 0 Å². The van der Waals surface area contributed by atoms with E-state index in [1.807, 2.05) is 0 Å². The Hall–Kier alpha value is -3.92. The Bertz CT molecular complexity index is 1290. The zero-order valence-corrected chi connectivity index (χ0v) is 16.9. The zero-order chi connectivity index (χ0) is 20.4. The smallest absolute Gasteiger partial charge is 0.134 e. The molecular formula is C27H22N4. The molecule has 0 fully saturated rings. The fourth-order valence-electron chi connectivity index (χ4n) is 5.45. The topological polar surface area (TPSA) is 30.5 Å². The van der Waals surface area contributed by atoms with Crippen LogP contribution < -0.4 is 20.4 Å². The normalized spacial score (nSPS) is 22.0. The van der Waals surface area contributed by atoms with E-state index in [-0.39, 0.29) is 18.5 Å². The maximum Gasteiger partial charge on any atom is 0.134 e. The molecule has 1 unspecified atom stereocenters. The van der Waals surface area contributed by atoms with E-state index in [4.69, 9.17) is 0 Å². The first-order valence-corrected chi connectivity index (χ1v) is 10.8. The van der Waals surface area contributed by atoms with Crippen LogP contribution in [0.15, 0.2) is 103 Å². The molecule has 3 heterocycles. The van der Waals surface area contributed by atoms with Gasteiger partial charge in [-0.1, -0.05) is 72.8 Å². The Labute approximate surface area is 181 Å². The quantitative estimate of drug-likeness (QED) is 0.414. The largest absolute Gasteiger partial charge is 0.361 e. The van der Waals surface area contributed by atoms with Gasteiger partial charge in [0.15, 0.2) is 0 Å². The van der Waals surface area contributed by atoms with Crippen LogP contribution in [0.2, 0.25) is 0 Å². The molecule has 150 valence electrons. The third-order valence-corrected chi connectivity index (χ3v) is 6.71. The van der Waals surface area contributed by atoms with E-state index in [1.54, 1.807) is 0 Å². The average molecular weight is 403 g/mol. The second-order valence-corrected chi connectivity index (χ2v) is 8.35. The van der Waals surface area contributed by atoms with Crippen molar-refractivity contribution in [3.63, 3.8) is 0 Å². The molecule has 0 amide bonds. The lowest BCUT2D eigenvalue weighted by molar-refractivity contribution is 0.432. The van der Waals surface area contributed by atoms with E-state index < -0.39 is 0 Å². The second kappa shape index (κ2) is 6.29. The van der Waals surface area contributed by atoms with Gasteiger partial charge in [-0.3, -0.25) is 0 Å². The lowest BCUT2D eigenvalue weighted by Gasteiger charge is -2.60. The van der Waals surface area contributed by atoms with Gasteiger partial charge in [-0.15, -0.1) is 0 Å². The number of hydrogen-bond acceptors (Lipinski definition) is 4. The standard InChI is InChI=1S/C27H22N4/c1-2-10-18(11-3-1)28-25-20-13-5-8-16-23(20)31-26-21-14-6-9-17-24(21)30(25)27(31)19-12-4-7-15-22(19)29-26/h1-17,25-29H/t25-,26+,27?/m0/s1.